The quantitative estimate of drug-likeness (QED) is 0.270. The number of nitrogens with one attached hydrogen (secondary N) is 1. The Morgan fingerprint density at radius 2 is 1.59 bits per heavy atom. The number of β-amino-alcohol motifs (C(OH)–C–C–N with tert-alkyl or cyclic N) is 1. The lowest BCUT2D eigenvalue weighted by molar-refractivity contribution is -0.162. The fourth-order valence-electron chi connectivity index (χ4n) is 1.60. The fourth-order valence-corrected chi connectivity index (χ4v) is 1.60. The van der Waals surface area contributed by atoms with Gasteiger partial charge >= 0.3 is 23.9 Å². The van der Waals surface area contributed by atoms with E-state index in [0.717, 1.165) is 0 Å². The van der Waals surface area contributed by atoms with Gasteiger partial charge in [0.05, 0.1) is 12.5 Å². The first kappa shape index (κ1) is 19.8. The van der Waals surface area contributed by atoms with E-state index in [1.165, 1.54) is 0 Å². The molecule has 2 unspecified atom stereocenters. The minimum absolute atomic E-state index is 0.329. The van der Waals surface area contributed by atoms with Crippen LogP contribution in [0.3, 0.4) is 0 Å². The SMILES string of the molecule is O=C(O)CC(C(=O)O)C(O)C(=O)O.O=C(O)[C@@H]1C[C@@H](O)CN1. The summed E-state index contributed by atoms with van der Waals surface area (Å²) < 4.78 is 0. The summed E-state index contributed by atoms with van der Waals surface area (Å²) in [6, 6.07) is -0.542. The molecule has 0 saturated carbocycles. The van der Waals surface area contributed by atoms with Crippen LogP contribution in [-0.2, 0) is 19.2 Å². The van der Waals surface area contributed by atoms with E-state index in [0.29, 0.717) is 13.0 Å². The monoisotopic (exact) mass is 323 g/mol. The zero-order valence-corrected chi connectivity index (χ0v) is 11.2. The number of rotatable bonds is 6. The molecule has 126 valence electrons. The molecule has 11 heteroatoms. The molecule has 0 aromatic carbocycles. The maximum Gasteiger partial charge on any atom is 0.333 e. The molecular formula is C11H17NO10. The number of carbonyl (C=O) groups is 4. The summed E-state index contributed by atoms with van der Waals surface area (Å²) >= 11 is 0. The molecule has 22 heavy (non-hydrogen) atoms. The number of hydrogen-bond donors (Lipinski definition) is 7. The molecule has 1 aliphatic heterocycles. The number of aliphatic hydroxyl groups is 2. The van der Waals surface area contributed by atoms with Crippen LogP contribution in [0.4, 0.5) is 0 Å². The van der Waals surface area contributed by atoms with Gasteiger partial charge in [0.2, 0.25) is 0 Å². The second-order valence-electron chi connectivity index (χ2n) is 4.51. The van der Waals surface area contributed by atoms with Crippen molar-refractivity contribution in [2.24, 2.45) is 5.92 Å². The molecule has 1 aliphatic rings. The third kappa shape index (κ3) is 6.97. The Balaban J connectivity index is 0.000000425. The Hall–Kier alpha value is -2.24. The van der Waals surface area contributed by atoms with Crippen molar-refractivity contribution in [3.63, 3.8) is 0 Å². The average Bonchev–Trinajstić information content (AvgIpc) is 2.82. The Kier molecular flexibility index (Phi) is 8.01. The van der Waals surface area contributed by atoms with E-state index in [1.54, 1.807) is 0 Å². The van der Waals surface area contributed by atoms with Gasteiger partial charge in [-0.15, -0.1) is 0 Å². The standard InChI is InChI=1S/C6H8O7.C5H9NO3/c7-3(8)1-2(5(10)11)4(9)6(12)13;7-3-1-4(5(8)9)6-2-3/h2,4,9H,1H2,(H,7,8)(H,10,11)(H,12,13);3-4,6-7H,1-2H2,(H,8,9)/t;3-,4+/m.1/s1. The van der Waals surface area contributed by atoms with Crippen LogP contribution in [0.5, 0.6) is 0 Å². The van der Waals surface area contributed by atoms with E-state index in [4.69, 9.17) is 30.6 Å². The Labute approximate surface area is 123 Å². The topological polar surface area (TPSA) is 202 Å². The summed E-state index contributed by atoms with van der Waals surface area (Å²) in [5.74, 6) is -7.60. The second-order valence-corrected chi connectivity index (χ2v) is 4.51. The van der Waals surface area contributed by atoms with Crippen molar-refractivity contribution in [2.45, 2.75) is 31.1 Å². The maximum atomic E-state index is 10.3. The largest absolute Gasteiger partial charge is 0.481 e. The highest BCUT2D eigenvalue weighted by atomic mass is 16.4. The van der Waals surface area contributed by atoms with Crippen LogP contribution in [0.15, 0.2) is 0 Å². The van der Waals surface area contributed by atoms with Gasteiger partial charge in [-0.1, -0.05) is 0 Å². The van der Waals surface area contributed by atoms with E-state index < -0.39 is 54.5 Å². The van der Waals surface area contributed by atoms with Crippen LogP contribution in [0.1, 0.15) is 12.8 Å². The molecule has 0 aromatic rings. The molecular weight excluding hydrogens is 306 g/mol. The number of hydrogen-bond acceptors (Lipinski definition) is 7. The predicted molar refractivity (Wildman–Crippen MR) is 67.1 cm³/mol. The lowest BCUT2D eigenvalue weighted by atomic mass is 9.99. The zero-order chi connectivity index (χ0) is 17.4. The van der Waals surface area contributed by atoms with Crippen LogP contribution >= 0.6 is 0 Å². The number of carboxylic acids is 4. The lowest BCUT2D eigenvalue weighted by Gasteiger charge is -2.12. The third-order valence-corrected chi connectivity index (χ3v) is 2.75. The maximum absolute atomic E-state index is 10.3. The summed E-state index contributed by atoms with van der Waals surface area (Å²) in [5.41, 5.74) is 0. The molecule has 1 fully saturated rings. The van der Waals surface area contributed by atoms with Crippen LogP contribution < -0.4 is 5.32 Å². The number of aliphatic hydroxyl groups excluding tert-OH is 2. The summed E-state index contributed by atoms with van der Waals surface area (Å²) in [6.45, 7) is 0.400. The van der Waals surface area contributed by atoms with Gasteiger partial charge in [0.1, 0.15) is 12.0 Å². The van der Waals surface area contributed by atoms with Gasteiger partial charge in [-0.3, -0.25) is 14.4 Å². The van der Waals surface area contributed by atoms with Crippen molar-refractivity contribution in [2.75, 3.05) is 6.54 Å². The molecule has 1 heterocycles. The first-order valence-corrected chi connectivity index (χ1v) is 6.06. The Morgan fingerprint density at radius 3 is 1.82 bits per heavy atom. The Bertz CT molecular complexity index is 437. The van der Waals surface area contributed by atoms with E-state index in [2.05, 4.69) is 5.32 Å². The number of carboxylic acid groups (broad SMARTS) is 4. The van der Waals surface area contributed by atoms with Crippen LogP contribution in [0.2, 0.25) is 0 Å². The minimum Gasteiger partial charge on any atom is -0.481 e. The van der Waals surface area contributed by atoms with Gasteiger partial charge in [0.15, 0.2) is 6.10 Å². The molecule has 1 rings (SSSR count). The molecule has 0 amide bonds. The zero-order valence-electron chi connectivity index (χ0n) is 11.2. The molecule has 7 N–H and O–H groups in total. The molecule has 0 radical (unpaired) electrons. The van der Waals surface area contributed by atoms with Crippen LogP contribution in [0.25, 0.3) is 0 Å². The normalized spacial score (nSPS) is 22.8. The van der Waals surface area contributed by atoms with Gasteiger partial charge in [-0.05, 0) is 0 Å². The van der Waals surface area contributed by atoms with Gasteiger partial charge in [0.25, 0.3) is 0 Å². The highest BCUT2D eigenvalue weighted by Crippen LogP contribution is 2.10. The van der Waals surface area contributed by atoms with Gasteiger partial charge in [-0.25, -0.2) is 4.79 Å². The van der Waals surface area contributed by atoms with Gasteiger partial charge < -0.3 is 36.0 Å². The van der Waals surface area contributed by atoms with Crippen molar-refractivity contribution in [1.29, 1.82) is 0 Å². The summed E-state index contributed by atoms with van der Waals surface area (Å²) in [6.07, 6.45) is -3.28. The van der Waals surface area contributed by atoms with Crippen molar-refractivity contribution >= 4 is 23.9 Å². The van der Waals surface area contributed by atoms with Gasteiger partial charge in [-0.2, -0.15) is 0 Å². The molecule has 11 nitrogen and oxygen atoms in total. The van der Waals surface area contributed by atoms with E-state index >= 15 is 0 Å². The van der Waals surface area contributed by atoms with E-state index in [9.17, 15) is 19.2 Å². The molecule has 0 spiro atoms. The smallest absolute Gasteiger partial charge is 0.333 e. The van der Waals surface area contributed by atoms with Crippen molar-refractivity contribution in [1.82, 2.24) is 5.32 Å². The molecule has 1 saturated heterocycles. The lowest BCUT2D eigenvalue weighted by Crippen LogP contribution is -2.36. The molecule has 0 bridgehead atoms. The minimum atomic E-state index is -2.20. The third-order valence-electron chi connectivity index (χ3n) is 2.75. The molecule has 4 atom stereocenters. The van der Waals surface area contributed by atoms with Gasteiger partial charge in [0, 0.05) is 13.0 Å². The van der Waals surface area contributed by atoms with E-state index in [1.807, 2.05) is 0 Å². The van der Waals surface area contributed by atoms with Crippen LogP contribution in [-0.4, -0.2) is 79.3 Å². The highest BCUT2D eigenvalue weighted by molar-refractivity contribution is 5.85. The predicted octanol–water partition coefficient (Wildman–Crippen LogP) is -2.60. The molecule has 0 aliphatic carbocycles. The second kappa shape index (κ2) is 8.92. The highest BCUT2D eigenvalue weighted by Gasteiger charge is 2.33. The fraction of sp³-hybridized carbons (Fsp3) is 0.636. The molecule has 0 aromatic heterocycles. The summed E-state index contributed by atoms with van der Waals surface area (Å²) in [5, 5.41) is 53.4. The number of aliphatic carboxylic acids is 4. The van der Waals surface area contributed by atoms with E-state index in [-0.39, 0.29) is 0 Å². The first-order valence-electron chi connectivity index (χ1n) is 6.06. The van der Waals surface area contributed by atoms with Crippen molar-refractivity contribution < 1.29 is 49.8 Å². The first-order chi connectivity index (χ1) is 10.1. The Morgan fingerprint density at radius 1 is 1.05 bits per heavy atom. The average molecular weight is 323 g/mol. The summed E-state index contributed by atoms with van der Waals surface area (Å²) in [7, 11) is 0. The van der Waals surface area contributed by atoms with Crippen LogP contribution in [0, 0.1) is 5.92 Å². The summed E-state index contributed by atoms with van der Waals surface area (Å²) in [4.78, 5) is 40.7. The van der Waals surface area contributed by atoms with Crippen molar-refractivity contribution in [3.8, 4) is 0 Å². The van der Waals surface area contributed by atoms with Crippen molar-refractivity contribution in [3.05, 3.63) is 0 Å².